The molecule has 1 heterocycles. The number of nitrogens with one attached hydrogen (secondary N) is 1. The summed E-state index contributed by atoms with van der Waals surface area (Å²) in [5.41, 5.74) is 3.02. The maximum absolute atomic E-state index is 5.39. The first-order valence-electron chi connectivity index (χ1n) is 7.11. The highest BCUT2D eigenvalue weighted by Gasteiger charge is 2.12. The molecule has 23 heavy (non-hydrogen) atoms. The van der Waals surface area contributed by atoms with Gasteiger partial charge in [-0.05, 0) is 36.8 Å². The first-order chi connectivity index (χ1) is 11.2. The maximum atomic E-state index is 5.39. The zero-order valence-electron chi connectivity index (χ0n) is 12.9. The summed E-state index contributed by atoms with van der Waals surface area (Å²) in [4.78, 5) is 0. The fourth-order valence-corrected chi connectivity index (χ4v) is 2.36. The molecule has 5 nitrogen and oxygen atoms in total. The SMILES string of the molecule is COc1ccccc1-c1n[nH]c(=S)n1/N=C/c1ccc(C)cc1. The molecule has 1 N–H and O–H groups in total. The summed E-state index contributed by atoms with van der Waals surface area (Å²) < 4.78 is 7.40. The number of benzene rings is 2. The fourth-order valence-electron chi connectivity index (χ4n) is 2.18. The van der Waals surface area contributed by atoms with Crippen LogP contribution >= 0.6 is 12.2 Å². The van der Waals surface area contributed by atoms with Crippen LogP contribution in [-0.4, -0.2) is 28.2 Å². The Bertz CT molecular complexity index is 893. The van der Waals surface area contributed by atoms with Crippen LogP contribution in [0.1, 0.15) is 11.1 Å². The predicted octanol–water partition coefficient (Wildman–Crippen LogP) is 3.81. The van der Waals surface area contributed by atoms with Crippen LogP contribution in [0, 0.1) is 11.7 Å². The molecular weight excluding hydrogens is 308 g/mol. The Balaban J connectivity index is 2.02. The maximum Gasteiger partial charge on any atom is 0.216 e. The number of ether oxygens (including phenoxy) is 1. The molecule has 0 saturated carbocycles. The van der Waals surface area contributed by atoms with E-state index in [2.05, 4.69) is 15.3 Å². The number of H-pyrrole nitrogens is 1. The van der Waals surface area contributed by atoms with E-state index in [4.69, 9.17) is 17.0 Å². The molecule has 6 heteroatoms. The minimum Gasteiger partial charge on any atom is -0.496 e. The van der Waals surface area contributed by atoms with Gasteiger partial charge in [-0.3, -0.25) is 0 Å². The molecule has 2 aromatic carbocycles. The van der Waals surface area contributed by atoms with Crippen LogP contribution in [0.5, 0.6) is 5.75 Å². The molecular formula is C17H16N4OS. The monoisotopic (exact) mass is 324 g/mol. The smallest absolute Gasteiger partial charge is 0.216 e. The van der Waals surface area contributed by atoms with Crippen molar-refractivity contribution in [1.29, 1.82) is 0 Å². The Kier molecular flexibility index (Phi) is 4.34. The van der Waals surface area contributed by atoms with Crippen molar-refractivity contribution in [1.82, 2.24) is 14.9 Å². The lowest BCUT2D eigenvalue weighted by Gasteiger charge is -2.06. The van der Waals surface area contributed by atoms with Gasteiger partial charge < -0.3 is 4.74 Å². The van der Waals surface area contributed by atoms with Gasteiger partial charge in [0.05, 0.1) is 18.9 Å². The minimum absolute atomic E-state index is 0.425. The summed E-state index contributed by atoms with van der Waals surface area (Å²) in [6, 6.07) is 15.7. The second-order valence-corrected chi connectivity index (χ2v) is 5.41. The Morgan fingerprint density at radius 2 is 1.91 bits per heavy atom. The third-order valence-electron chi connectivity index (χ3n) is 3.40. The summed E-state index contributed by atoms with van der Waals surface area (Å²) in [6.45, 7) is 2.05. The average molecular weight is 324 g/mol. The molecule has 0 spiro atoms. The van der Waals surface area contributed by atoms with Crippen LogP contribution in [0.15, 0.2) is 53.6 Å². The molecule has 116 valence electrons. The average Bonchev–Trinajstić information content (AvgIpc) is 2.95. The third kappa shape index (κ3) is 3.22. The summed E-state index contributed by atoms with van der Waals surface area (Å²) in [5, 5.41) is 11.5. The van der Waals surface area contributed by atoms with Gasteiger partial charge in [-0.1, -0.05) is 42.0 Å². The van der Waals surface area contributed by atoms with E-state index in [-0.39, 0.29) is 0 Å². The molecule has 1 aromatic heterocycles. The lowest BCUT2D eigenvalue weighted by atomic mass is 10.2. The Labute approximate surface area is 139 Å². The normalized spacial score (nSPS) is 11.0. The number of nitrogens with zero attached hydrogens (tertiary/aromatic N) is 3. The van der Waals surface area contributed by atoms with Crippen LogP contribution in [0.2, 0.25) is 0 Å². The second kappa shape index (κ2) is 6.58. The van der Waals surface area contributed by atoms with E-state index in [0.717, 1.165) is 11.1 Å². The Hall–Kier alpha value is -2.73. The van der Waals surface area contributed by atoms with Gasteiger partial charge >= 0.3 is 0 Å². The predicted molar refractivity (Wildman–Crippen MR) is 93.6 cm³/mol. The third-order valence-corrected chi connectivity index (χ3v) is 3.66. The molecule has 0 amide bonds. The van der Waals surface area contributed by atoms with Gasteiger partial charge in [-0.15, -0.1) is 0 Å². The van der Waals surface area contributed by atoms with E-state index in [1.54, 1.807) is 18.0 Å². The molecule has 0 bridgehead atoms. The number of aromatic nitrogens is 3. The van der Waals surface area contributed by atoms with Gasteiger partial charge in [0.25, 0.3) is 0 Å². The van der Waals surface area contributed by atoms with Crippen molar-refractivity contribution in [2.24, 2.45) is 5.10 Å². The van der Waals surface area contributed by atoms with Crippen LogP contribution < -0.4 is 4.74 Å². The van der Waals surface area contributed by atoms with Crippen molar-refractivity contribution in [3.63, 3.8) is 0 Å². The number of aromatic amines is 1. The van der Waals surface area contributed by atoms with Gasteiger partial charge in [0.15, 0.2) is 5.82 Å². The Morgan fingerprint density at radius 1 is 1.17 bits per heavy atom. The zero-order valence-corrected chi connectivity index (χ0v) is 13.7. The van der Waals surface area contributed by atoms with Crippen molar-refractivity contribution in [3.05, 3.63) is 64.4 Å². The van der Waals surface area contributed by atoms with Crippen LogP contribution in [0.3, 0.4) is 0 Å². The van der Waals surface area contributed by atoms with Gasteiger partial charge in [0.2, 0.25) is 4.77 Å². The summed E-state index contributed by atoms with van der Waals surface area (Å²) in [7, 11) is 1.63. The van der Waals surface area contributed by atoms with Gasteiger partial charge in [0.1, 0.15) is 5.75 Å². The summed E-state index contributed by atoms with van der Waals surface area (Å²) >= 11 is 5.28. The van der Waals surface area contributed by atoms with E-state index in [9.17, 15) is 0 Å². The molecule has 0 aliphatic rings. The van der Waals surface area contributed by atoms with Crippen molar-refractivity contribution in [2.75, 3.05) is 7.11 Å². The number of hydrogen-bond donors (Lipinski definition) is 1. The van der Waals surface area contributed by atoms with E-state index in [1.807, 2.05) is 55.5 Å². The number of para-hydroxylation sites is 1. The van der Waals surface area contributed by atoms with Gasteiger partial charge in [-0.2, -0.15) is 14.9 Å². The van der Waals surface area contributed by atoms with Gasteiger partial charge in [-0.25, -0.2) is 5.10 Å². The fraction of sp³-hybridized carbons (Fsp3) is 0.118. The molecule has 0 radical (unpaired) electrons. The molecule has 3 rings (SSSR count). The minimum atomic E-state index is 0.425. The molecule has 0 atom stereocenters. The highest BCUT2D eigenvalue weighted by atomic mass is 32.1. The Morgan fingerprint density at radius 3 is 2.65 bits per heavy atom. The van der Waals surface area contributed by atoms with E-state index >= 15 is 0 Å². The van der Waals surface area contributed by atoms with Crippen molar-refractivity contribution in [2.45, 2.75) is 6.92 Å². The van der Waals surface area contributed by atoms with Crippen molar-refractivity contribution in [3.8, 4) is 17.1 Å². The van der Waals surface area contributed by atoms with Gasteiger partial charge in [0, 0.05) is 0 Å². The molecule has 0 fully saturated rings. The van der Waals surface area contributed by atoms with Crippen LogP contribution in [0.25, 0.3) is 11.4 Å². The lowest BCUT2D eigenvalue weighted by molar-refractivity contribution is 0.416. The summed E-state index contributed by atoms with van der Waals surface area (Å²) in [6.07, 6.45) is 1.75. The number of methoxy groups -OCH3 is 1. The molecule has 3 aromatic rings. The highest BCUT2D eigenvalue weighted by Crippen LogP contribution is 2.27. The summed E-state index contributed by atoms with van der Waals surface area (Å²) in [5.74, 6) is 1.32. The standard InChI is InChI=1S/C17H16N4OS/c1-12-7-9-13(10-8-12)11-18-21-16(19-20-17(21)23)14-5-3-4-6-15(14)22-2/h3-11H,1-2H3,(H,20,23)/b18-11+. The van der Waals surface area contributed by atoms with E-state index in [1.165, 1.54) is 5.56 Å². The first-order valence-corrected chi connectivity index (χ1v) is 7.51. The molecule has 0 unspecified atom stereocenters. The second-order valence-electron chi connectivity index (χ2n) is 5.02. The molecule has 0 aliphatic carbocycles. The topological polar surface area (TPSA) is 55.2 Å². The number of aryl methyl sites for hydroxylation is 1. The van der Waals surface area contributed by atoms with Crippen LogP contribution in [0.4, 0.5) is 0 Å². The zero-order chi connectivity index (χ0) is 16.2. The van der Waals surface area contributed by atoms with Crippen molar-refractivity contribution >= 4 is 18.4 Å². The first kappa shape index (κ1) is 15.2. The number of hydrogen-bond acceptors (Lipinski definition) is 4. The quantitative estimate of drug-likeness (QED) is 0.586. The molecule has 0 aliphatic heterocycles. The number of rotatable bonds is 4. The van der Waals surface area contributed by atoms with E-state index in [0.29, 0.717) is 16.3 Å². The largest absolute Gasteiger partial charge is 0.496 e. The van der Waals surface area contributed by atoms with Crippen LogP contribution in [-0.2, 0) is 0 Å². The van der Waals surface area contributed by atoms with E-state index < -0.39 is 0 Å². The lowest BCUT2D eigenvalue weighted by Crippen LogP contribution is -1.97. The highest BCUT2D eigenvalue weighted by molar-refractivity contribution is 7.71. The molecule has 0 saturated heterocycles. The van der Waals surface area contributed by atoms with Crippen molar-refractivity contribution < 1.29 is 4.74 Å².